The molecule has 21 heavy (non-hydrogen) atoms. The largest absolute Gasteiger partial charge is 0.491 e. The molecule has 0 aliphatic heterocycles. The maximum atomic E-state index is 12.3. The second kappa shape index (κ2) is 6.59. The minimum absolute atomic E-state index is 0.0250. The molecule has 0 radical (unpaired) electrons. The first kappa shape index (κ1) is 15.3. The Bertz CT molecular complexity index is 675. The molecule has 0 aliphatic carbocycles. The van der Waals surface area contributed by atoms with Crippen LogP contribution in [-0.2, 0) is 13.6 Å². The third-order valence-corrected chi connectivity index (χ3v) is 3.25. The fraction of sp³-hybridized carbons (Fsp3) is 0.353. The van der Waals surface area contributed by atoms with Crippen molar-refractivity contribution in [1.82, 2.24) is 9.88 Å². The second-order valence-electron chi connectivity index (χ2n) is 5.33. The van der Waals surface area contributed by atoms with Crippen LogP contribution >= 0.6 is 0 Å². The monoisotopic (exact) mass is 286 g/mol. The molecule has 1 aromatic heterocycles. The number of nitrogens with zero attached hydrogens (tertiary/aromatic N) is 1. The second-order valence-corrected chi connectivity index (χ2v) is 5.33. The summed E-state index contributed by atoms with van der Waals surface area (Å²) in [5.41, 5.74) is 2.65. The van der Waals surface area contributed by atoms with Gasteiger partial charge in [0.1, 0.15) is 5.75 Å². The predicted molar refractivity (Wildman–Crippen MR) is 85.6 cm³/mol. The summed E-state index contributed by atoms with van der Waals surface area (Å²) in [6.07, 6.45) is 0.127. The molecule has 0 saturated carbocycles. The van der Waals surface area contributed by atoms with Crippen molar-refractivity contribution >= 4 is 0 Å². The van der Waals surface area contributed by atoms with Gasteiger partial charge in [-0.1, -0.05) is 18.2 Å². The number of rotatable bonds is 5. The Balaban J connectivity index is 2.43. The van der Waals surface area contributed by atoms with E-state index in [-0.39, 0.29) is 11.7 Å². The Morgan fingerprint density at radius 3 is 2.67 bits per heavy atom. The summed E-state index contributed by atoms with van der Waals surface area (Å²) < 4.78 is 7.39. The molecule has 2 aromatic rings. The van der Waals surface area contributed by atoms with Crippen molar-refractivity contribution in [2.24, 2.45) is 7.05 Å². The lowest BCUT2D eigenvalue weighted by Gasteiger charge is -2.13. The minimum Gasteiger partial charge on any atom is -0.491 e. The highest BCUT2D eigenvalue weighted by molar-refractivity contribution is 5.61. The first-order valence-electron chi connectivity index (χ1n) is 7.13. The minimum atomic E-state index is 0.0250. The van der Waals surface area contributed by atoms with Crippen molar-refractivity contribution in [3.05, 3.63) is 52.3 Å². The van der Waals surface area contributed by atoms with Gasteiger partial charge in [-0.2, -0.15) is 0 Å². The zero-order valence-corrected chi connectivity index (χ0v) is 13.0. The Morgan fingerprint density at radius 2 is 2.00 bits per heavy atom. The van der Waals surface area contributed by atoms with E-state index in [4.69, 9.17) is 4.74 Å². The van der Waals surface area contributed by atoms with E-state index < -0.39 is 0 Å². The van der Waals surface area contributed by atoms with Gasteiger partial charge in [0.2, 0.25) is 0 Å². The van der Waals surface area contributed by atoms with E-state index in [1.165, 1.54) is 0 Å². The molecule has 2 rings (SSSR count). The number of nitrogens with one attached hydrogen (secondary N) is 1. The van der Waals surface area contributed by atoms with Gasteiger partial charge in [-0.25, -0.2) is 0 Å². The lowest BCUT2D eigenvalue weighted by molar-refractivity contribution is 0.242. The van der Waals surface area contributed by atoms with Gasteiger partial charge in [0.05, 0.1) is 11.8 Å². The zero-order chi connectivity index (χ0) is 15.4. The van der Waals surface area contributed by atoms with E-state index in [1.54, 1.807) is 11.6 Å². The van der Waals surface area contributed by atoms with Gasteiger partial charge < -0.3 is 14.6 Å². The van der Waals surface area contributed by atoms with E-state index in [9.17, 15) is 4.79 Å². The topological polar surface area (TPSA) is 43.3 Å². The van der Waals surface area contributed by atoms with Crippen LogP contribution in [0.25, 0.3) is 11.3 Å². The van der Waals surface area contributed by atoms with Gasteiger partial charge in [-0.05, 0) is 39.1 Å². The number of aromatic nitrogens is 1. The van der Waals surface area contributed by atoms with E-state index >= 15 is 0 Å². The number of benzene rings is 1. The Hall–Kier alpha value is -2.07. The third-order valence-electron chi connectivity index (χ3n) is 3.25. The molecule has 1 N–H and O–H groups in total. The smallest absolute Gasteiger partial charge is 0.255 e. The number of ether oxygens (including phenoxy) is 1. The average Bonchev–Trinajstić information content (AvgIpc) is 2.44. The van der Waals surface area contributed by atoms with E-state index in [2.05, 4.69) is 5.32 Å². The van der Waals surface area contributed by atoms with Crippen molar-refractivity contribution in [1.29, 1.82) is 0 Å². The van der Waals surface area contributed by atoms with E-state index in [0.717, 1.165) is 22.6 Å². The molecule has 0 amide bonds. The predicted octanol–water partition coefficient (Wildman–Crippen LogP) is 2.56. The van der Waals surface area contributed by atoms with Crippen molar-refractivity contribution < 1.29 is 4.74 Å². The highest BCUT2D eigenvalue weighted by Gasteiger charge is 2.08. The van der Waals surface area contributed by atoms with Crippen molar-refractivity contribution in [3.63, 3.8) is 0 Å². The molecule has 0 aliphatic rings. The van der Waals surface area contributed by atoms with Crippen LogP contribution in [0.1, 0.15) is 19.4 Å². The summed E-state index contributed by atoms with van der Waals surface area (Å²) in [5.74, 6) is 0.814. The lowest BCUT2D eigenvalue weighted by Crippen LogP contribution is -2.25. The summed E-state index contributed by atoms with van der Waals surface area (Å²) in [6.45, 7) is 4.56. The van der Waals surface area contributed by atoms with Crippen molar-refractivity contribution in [3.8, 4) is 17.0 Å². The number of hydrogen-bond donors (Lipinski definition) is 1. The molecule has 4 heteroatoms. The highest BCUT2D eigenvalue weighted by Crippen LogP contribution is 2.23. The molecule has 4 nitrogen and oxygen atoms in total. The first-order valence-corrected chi connectivity index (χ1v) is 7.13. The highest BCUT2D eigenvalue weighted by atomic mass is 16.5. The van der Waals surface area contributed by atoms with Crippen LogP contribution in [0.2, 0.25) is 0 Å². The van der Waals surface area contributed by atoms with E-state index in [0.29, 0.717) is 6.54 Å². The summed E-state index contributed by atoms with van der Waals surface area (Å²) in [4.78, 5) is 12.3. The van der Waals surface area contributed by atoms with Crippen LogP contribution in [0.15, 0.2) is 41.2 Å². The molecular weight excluding hydrogens is 264 g/mol. The normalized spacial score (nSPS) is 10.9. The molecule has 112 valence electrons. The van der Waals surface area contributed by atoms with Gasteiger partial charge in [0, 0.05) is 24.7 Å². The van der Waals surface area contributed by atoms with E-state index in [1.807, 2.05) is 57.3 Å². The fourth-order valence-corrected chi connectivity index (χ4v) is 2.30. The maximum Gasteiger partial charge on any atom is 0.255 e. The van der Waals surface area contributed by atoms with Crippen molar-refractivity contribution in [2.45, 2.75) is 26.5 Å². The third kappa shape index (κ3) is 3.52. The summed E-state index contributed by atoms with van der Waals surface area (Å²) in [7, 11) is 3.63. The summed E-state index contributed by atoms with van der Waals surface area (Å²) >= 11 is 0. The SMILES string of the molecule is CNCc1ccc(-c2cccc(OC(C)C)c2)n(C)c1=O. The molecule has 0 fully saturated rings. The standard InChI is InChI=1S/C17H22N2O2/c1-12(2)21-15-7-5-6-13(10-15)16-9-8-14(11-18-3)17(20)19(16)4/h5-10,12,18H,11H2,1-4H3. The molecule has 1 heterocycles. The summed E-state index contributed by atoms with van der Waals surface area (Å²) in [6, 6.07) is 11.7. The van der Waals surface area contributed by atoms with Crippen LogP contribution < -0.4 is 15.6 Å². The average molecular weight is 286 g/mol. The van der Waals surface area contributed by atoms with Crippen molar-refractivity contribution in [2.75, 3.05) is 7.05 Å². The fourth-order valence-electron chi connectivity index (χ4n) is 2.30. The quantitative estimate of drug-likeness (QED) is 0.918. The van der Waals surface area contributed by atoms with Crippen LogP contribution in [0.3, 0.4) is 0 Å². The van der Waals surface area contributed by atoms with Gasteiger partial charge in [-0.15, -0.1) is 0 Å². The molecule has 0 spiro atoms. The van der Waals surface area contributed by atoms with Crippen LogP contribution in [0.5, 0.6) is 5.75 Å². The van der Waals surface area contributed by atoms with Gasteiger partial charge in [0.25, 0.3) is 5.56 Å². The Morgan fingerprint density at radius 1 is 1.24 bits per heavy atom. The zero-order valence-electron chi connectivity index (χ0n) is 13.0. The molecule has 0 saturated heterocycles. The molecule has 1 aromatic carbocycles. The molecule has 0 bridgehead atoms. The van der Waals surface area contributed by atoms with Crippen LogP contribution in [-0.4, -0.2) is 17.7 Å². The van der Waals surface area contributed by atoms with Crippen LogP contribution in [0.4, 0.5) is 0 Å². The van der Waals surface area contributed by atoms with Gasteiger partial charge in [0.15, 0.2) is 0 Å². The molecule has 0 unspecified atom stereocenters. The van der Waals surface area contributed by atoms with Gasteiger partial charge in [-0.3, -0.25) is 4.79 Å². The maximum absolute atomic E-state index is 12.3. The Kier molecular flexibility index (Phi) is 4.81. The number of pyridine rings is 1. The lowest BCUT2D eigenvalue weighted by atomic mass is 10.1. The number of hydrogen-bond acceptors (Lipinski definition) is 3. The molecule has 0 atom stereocenters. The van der Waals surface area contributed by atoms with Crippen LogP contribution in [0, 0.1) is 0 Å². The first-order chi connectivity index (χ1) is 10.0. The summed E-state index contributed by atoms with van der Waals surface area (Å²) in [5, 5.41) is 3.01. The molecular formula is C17H22N2O2. The van der Waals surface area contributed by atoms with Gasteiger partial charge >= 0.3 is 0 Å². The Labute approximate surface area is 125 Å².